The molecule has 15 heavy (non-hydrogen) atoms. The van der Waals surface area contributed by atoms with Crippen LogP contribution in [0.3, 0.4) is 0 Å². The van der Waals surface area contributed by atoms with E-state index in [4.69, 9.17) is 4.74 Å². The first kappa shape index (κ1) is 10.3. The topological polar surface area (TPSA) is 22.1 Å². The molecule has 5 heteroatoms. The van der Waals surface area contributed by atoms with Gasteiger partial charge in [-0.25, -0.2) is 4.98 Å². The van der Waals surface area contributed by atoms with Crippen molar-refractivity contribution in [3.05, 3.63) is 23.5 Å². The lowest BCUT2D eigenvalue weighted by Gasteiger charge is -2.12. The van der Waals surface area contributed by atoms with Crippen LogP contribution < -0.4 is 4.74 Å². The van der Waals surface area contributed by atoms with Crippen LogP contribution in [0.5, 0.6) is 5.75 Å². The largest absolute Gasteiger partial charge is 0.488 e. The summed E-state index contributed by atoms with van der Waals surface area (Å²) in [5.74, 6) is -0.148. The minimum absolute atomic E-state index is 0.0605. The number of hydrogen-bond donors (Lipinski definition) is 0. The van der Waals surface area contributed by atoms with Crippen LogP contribution in [-0.2, 0) is 6.18 Å². The lowest BCUT2D eigenvalue weighted by atomic mass is 10.2. The van der Waals surface area contributed by atoms with Crippen molar-refractivity contribution in [3.63, 3.8) is 0 Å². The highest BCUT2D eigenvalue weighted by atomic mass is 19.4. The highest BCUT2D eigenvalue weighted by Gasteiger charge is 2.38. The summed E-state index contributed by atoms with van der Waals surface area (Å²) in [5.41, 5.74) is -0.265. The van der Waals surface area contributed by atoms with E-state index in [1.807, 2.05) is 0 Å². The maximum Gasteiger partial charge on any atom is 0.437 e. The number of aryl methyl sites for hydroxylation is 1. The van der Waals surface area contributed by atoms with Gasteiger partial charge in [-0.3, -0.25) is 0 Å². The quantitative estimate of drug-likeness (QED) is 0.759. The number of rotatable bonds is 2. The highest BCUT2D eigenvalue weighted by Crippen LogP contribution is 2.37. The first-order chi connectivity index (χ1) is 6.97. The molecule has 0 spiro atoms. The molecule has 1 aromatic heterocycles. The molecule has 1 aromatic rings. The van der Waals surface area contributed by atoms with Crippen LogP contribution in [0.1, 0.15) is 24.1 Å². The molecule has 0 amide bonds. The maximum atomic E-state index is 12.5. The van der Waals surface area contributed by atoms with Gasteiger partial charge in [-0.1, -0.05) is 0 Å². The zero-order valence-electron chi connectivity index (χ0n) is 8.14. The molecule has 0 saturated heterocycles. The van der Waals surface area contributed by atoms with Crippen LogP contribution in [0, 0.1) is 6.92 Å². The Balaban J connectivity index is 2.34. The molecule has 1 aliphatic rings. The Morgan fingerprint density at radius 3 is 2.60 bits per heavy atom. The van der Waals surface area contributed by atoms with Crippen molar-refractivity contribution in [2.24, 2.45) is 0 Å². The predicted molar refractivity (Wildman–Crippen MR) is 47.6 cm³/mol. The van der Waals surface area contributed by atoms with E-state index in [9.17, 15) is 13.2 Å². The molecule has 2 rings (SSSR count). The first-order valence-corrected chi connectivity index (χ1v) is 4.67. The first-order valence-electron chi connectivity index (χ1n) is 4.67. The van der Waals surface area contributed by atoms with Gasteiger partial charge in [-0.2, -0.15) is 13.2 Å². The normalized spacial score (nSPS) is 16.5. The third-order valence-corrected chi connectivity index (χ3v) is 2.08. The Labute approximate surface area is 85.1 Å². The van der Waals surface area contributed by atoms with E-state index in [0.29, 0.717) is 5.56 Å². The third kappa shape index (κ3) is 2.40. The van der Waals surface area contributed by atoms with Crippen molar-refractivity contribution >= 4 is 0 Å². The third-order valence-electron chi connectivity index (χ3n) is 2.08. The smallest absolute Gasteiger partial charge is 0.437 e. The molecule has 82 valence electrons. The highest BCUT2D eigenvalue weighted by molar-refractivity contribution is 5.33. The Bertz CT molecular complexity index is 371. The summed E-state index contributed by atoms with van der Waals surface area (Å²) < 4.78 is 42.7. The summed E-state index contributed by atoms with van der Waals surface area (Å²) in [6.45, 7) is 1.69. The molecule has 0 N–H and O–H groups in total. The Morgan fingerprint density at radius 1 is 1.40 bits per heavy atom. The SMILES string of the molecule is Cc1cnc(C(F)(F)F)c(OC2CC2)c1. The van der Waals surface area contributed by atoms with E-state index in [1.54, 1.807) is 6.92 Å². The minimum atomic E-state index is -4.45. The van der Waals surface area contributed by atoms with E-state index >= 15 is 0 Å². The summed E-state index contributed by atoms with van der Waals surface area (Å²) in [6.07, 6.45) is -1.66. The molecular weight excluding hydrogens is 207 g/mol. The van der Waals surface area contributed by atoms with Crippen molar-refractivity contribution in [1.82, 2.24) is 4.98 Å². The van der Waals surface area contributed by atoms with E-state index in [2.05, 4.69) is 4.98 Å². The monoisotopic (exact) mass is 217 g/mol. The lowest BCUT2D eigenvalue weighted by molar-refractivity contribution is -0.142. The molecular formula is C10H10F3NO. The number of ether oxygens (including phenoxy) is 1. The molecule has 1 heterocycles. The predicted octanol–water partition coefficient (Wildman–Crippen LogP) is 2.95. The summed E-state index contributed by atoms with van der Waals surface area (Å²) >= 11 is 0. The van der Waals surface area contributed by atoms with Gasteiger partial charge in [0.2, 0.25) is 0 Å². The molecule has 2 nitrogen and oxygen atoms in total. The summed E-state index contributed by atoms with van der Waals surface area (Å²) in [7, 11) is 0. The van der Waals surface area contributed by atoms with Crippen molar-refractivity contribution in [2.45, 2.75) is 32.0 Å². The van der Waals surface area contributed by atoms with E-state index in [1.165, 1.54) is 12.3 Å². The van der Waals surface area contributed by atoms with Gasteiger partial charge >= 0.3 is 6.18 Å². The summed E-state index contributed by atoms with van der Waals surface area (Å²) in [6, 6.07) is 1.38. The van der Waals surface area contributed by atoms with Gasteiger partial charge in [-0.05, 0) is 31.4 Å². The fraction of sp³-hybridized carbons (Fsp3) is 0.500. The number of nitrogens with zero attached hydrogens (tertiary/aromatic N) is 1. The van der Waals surface area contributed by atoms with Crippen LogP contribution in [0.2, 0.25) is 0 Å². The molecule has 0 aromatic carbocycles. The van der Waals surface area contributed by atoms with Gasteiger partial charge in [0.15, 0.2) is 11.4 Å². The van der Waals surface area contributed by atoms with Gasteiger partial charge in [0.05, 0.1) is 6.10 Å². The summed E-state index contributed by atoms with van der Waals surface area (Å²) in [5, 5.41) is 0. The van der Waals surface area contributed by atoms with Gasteiger partial charge in [0.1, 0.15) is 0 Å². The standard InChI is InChI=1S/C10H10F3NO/c1-6-4-8(15-7-2-3-7)9(14-5-6)10(11,12)13/h4-5,7H,2-3H2,1H3. The average Bonchev–Trinajstić information content (AvgIpc) is 2.85. The molecule has 0 bridgehead atoms. The Morgan fingerprint density at radius 2 is 2.07 bits per heavy atom. The van der Waals surface area contributed by atoms with Gasteiger partial charge in [0, 0.05) is 6.20 Å². The van der Waals surface area contributed by atoms with E-state index in [0.717, 1.165) is 12.8 Å². The van der Waals surface area contributed by atoms with Crippen molar-refractivity contribution in [3.8, 4) is 5.75 Å². The molecule has 0 radical (unpaired) electrons. The second-order valence-corrected chi connectivity index (χ2v) is 3.67. The maximum absolute atomic E-state index is 12.5. The Kier molecular flexibility index (Phi) is 2.32. The average molecular weight is 217 g/mol. The fourth-order valence-electron chi connectivity index (χ4n) is 1.21. The molecule has 1 aliphatic carbocycles. The minimum Gasteiger partial charge on any atom is -0.488 e. The zero-order valence-corrected chi connectivity index (χ0v) is 8.14. The number of halogens is 3. The molecule has 0 aliphatic heterocycles. The number of hydrogen-bond acceptors (Lipinski definition) is 2. The number of aromatic nitrogens is 1. The van der Waals surface area contributed by atoms with Gasteiger partial charge < -0.3 is 4.74 Å². The zero-order chi connectivity index (χ0) is 11.1. The number of alkyl halides is 3. The van der Waals surface area contributed by atoms with Crippen molar-refractivity contribution in [1.29, 1.82) is 0 Å². The number of pyridine rings is 1. The Hall–Kier alpha value is -1.26. The van der Waals surface area contributed by atoms with Crippen LogP contribution in [0.4, 0.5) is 13.2 Å². The van der Waals surface area contributed by atoms with Crippen molar-refractivity contribution in [2.75, 3.05) is 0 Å². The van der Waals surface area contributed by atoms with Crippen molar-refractivity contribution < 1.29 is 17.9 Å². The molecule has 0 unspecified atom stereocenters. The van der Waals surface area contributed by atoms with Crippen LogP contribution in [0.15, 0.2) is 12.3 Å². The van der Waals surface area contributed by atoms with Crippen LogP contribution in [-0.4, -0.2) is 11.1 Å². The van der Waals surface area contributed by atoms with Crippen LogP contribution in [0.25, 0.3) is 0 Å². The lowest BCUT2D eigenvalue weighted by Crippen LogP contribution is -2.12. The second kappa shape index (κ2) is 3.40. The molecule has 1 fully saturated rings. The van der Waals surface area contributed by atoms with Crippen LogP contribution >= 0.6 is 0 Å². The molecule has 0 atom stereocenters. The fourth-order valence-corrected chi connectivity index (χ4v) is 1.21. The van der Waals surface area contributed by atoms with Gasteiger partial charge in [0.25, 0.3) is 0 Å². The van der Waals surface area contributed by atoms with Gasteiger partial charge in [-0.15, -0.1) is 0 Å². The van der Waals surface area contributed by atoms with E-state index < -0.39 is 11.9 Å². The summed E-state index contributed by atoms with van der Waals surface area (Å²) in [4.78, 5) is 3.38. The second-order valence-electron chi connectivity index (χ2n) is 3.67. The van der Waals surface area contributed by atoms with E-state index in [-0.39, 0.29) is 11.9 Å². The molecule has 1 saturated carbocycles.